The zero-order valence-electron chi connectivity index (χ0n) is 13.5. The van der Waals surface area contributed by atoms with Gasteiger partial charge in [0, 0.05) is 10.9 Å². The van der Waals surface area contributed by atoms with Crippen molar-refractivity contribution in [2.75, 3.05) is 7.11 Å². The van der Waals surface area contributed by atoms with Gasteiger partial charge in [-0.1, -0.05) is 0 Å². The van der Waals surface area contributed by atoms with Crippen molar-refractivity contribution in [3.8, 4) is 17.1 Å². The number of hydrogen-bond donors (Lipinski definition) is 1. The van der Waals surface area contributed by atoms with Crippen LogP contribution in [0.1, 0.15) is 15.9 Å². The van der Waals surface area contributed by atoms with Gasteiger partial charge in [0.15, 0.2) is 0 Å². The molecular weight excluding hydrogens is 329 g/mol. The number of ether oxygens (including phenoxy) is 2. The van der Waals surface area contributed by atoms with E-state index in [9.17, 15) is 14.0 Å². The molecule has 3 rings (SSSR count). The highest BCUT2D eigenvalue weighted by atomic mass is 19.1. The van der Waals surface area contributed by atoms with Crippen LogP contribution in [0.3, 0.4) is 0 Å². The number of methoxy groups -OCH3 is 1. The number of carbonyl (C=O) groups is 2. The topological polar surface area (TPSA) is 91.8 Å². The van der Waals surface area contributed by atoms with Gasteiger partial charge in [-0.2, -0.15) is 0 Å². The van der Waals surface area contributed by atoms with Gasteiger partial charge in [-0.15, -0.1) is 0 Å². The number of rotatable bonds is 3. The Labute approximate surface area is 141 Å². The number of carbonyl (C=O) groups excluding carboxylic acids is 2. The van der Waals surface area contributed by atoms with Crippen molar-refractivity contribution < 1.29 is 27.9 Å². The van der Waals surface area contributed by atoms with Crippen LogP contribution in [0.4, 0.5) is 9.18 Å². The van der Waals surface area contributed by atoms with E-state index in [4.69, 9.17) is 14.9 Å². The van der Waals surface area contributed by atoms with Crippen molar-refractivity contribution in [3.05, 3.63) is 53.3 Å². The first-order chi connectivity index (χ1) is 11.9. The Morgan fingerprint density at radius 3 is 2.44 bits per heavy atom. The highest BCUT2D eigenvalue weighted by Gasteiger charge is 2.26. The number of fused-ring (bicyclic) bond motifs is 1. The van der Waals surface area contributed by atoms with Gasteiger partial charge in [-0.3, -0.25) is 0 Å². The van der Waals surface area contributed by atoms with E-state index in [1.807, 2.05) is 0 Å². The molecule has 2 aromatic carbocycles. The lowest BCUT2D eigenvalue weighted by Crippen LogP contribution is -2.18. The van der Waals surface area contributed by atoms with E-state index in [0.717, 1.165) is 5.56 Å². The van der Waals surface area contributed by atoms with Crippen molar-refractivity contribution >= 4 is 23.0 Å². The Kier molecular flexibility index (Phi) is 4.14. The first-order valence-electron chi connectivity index (χ1n) is 7.29. The Hall–Kier alpha value is -3.35. The molecule has 0 saturated heterocycles. The Morgan fingerprint density at radius 1 is 1.16 bits per heavy atom. The van der Waals surface area contributed by atoms with E-state index in [2.05, 4.69) is 4.74 Å². The minimum absolute atomic E-state index is 0.0161. The molecule has 0 bridgehead atoms. The summed E-state index contributed by atoms with van der Waals surface area (Å²) in [5, 5.41) is 0.405. The molecule has 2 N–H and O–H groups in total. The molecule has 7 heteroatoms. The minimum Gasteiger partial charge on any atom is -0.497 e. The smallest absolute Gasteiger partial charge is 0.412 e. The third-order valence-electron chi connectivity index (χ3n) is 3.69. The number of benzene rings is 2. The average Bonchev–Trinajstić information content (AvgIpc) is 2.94. The molecule has 3 aromatic rings. The van der Waals surface area contributed by atoms with E-state index < -0.39 is 17.9 Å². The Bertz CT molecular complexity index is 975. The highest BCUT2D eigenvalue weighted by Crippen LogP contribution is 2.37. The van der Waals surface area contributed by atoms with Gasteiger partial charge in [0.25, 0.3) is 0 Å². The van der Waals surface area contributed by atoms with E-state index in [1.165, 1.54) is 31.4 Å². The van der Waals surface area contributed by atoms with Crippen LogP contribution in [0.25, 0.3) is 22.3 Å². The molecule has 0 aliphatic carbocycles. The number of primary amides is 1. The van der Waals surface area contributed by atoms with E-state index in [1.54, 1.807) is 19.1 Å². The van der Waals surface area contributed by atoms with Gasteiger partial charge in [0.05, 0.1) is 7.11 Å². The maximum atomic E-state index is 13.2. The summed E-state index contributed by atoms with van der Waals surface area (Å²) in [5.74, 6) is -0.737. The summed E-state index contributed by atoms with van der Waals surface area (Å²) in [4.78, 5) is 23.4. The number of halogens is 1. The van der Waals surface area contributed by atoms with Crippen LogP contribution in [0.5, 0.6) is 5.75 Å². The molecule has 0 aliphatic heterocycles. The minimum atomic E-state index is -1.23. The van der Waals surface area contributed by atoms with Crippen LogP contribution < -0.4 is 10.5 Å². The van der Waals surface area contributed by atoms with Gasteiger partial charge in [0.1, 0.15) is 28.5 Å². The largest absolute Gasteiger partial charge is 0.497 e. The molecule has 128 valence electrons. The van der Waals surface area contributed by atoms with Gasteiger partial charge >= 0.3 is 12.1 Å². The summed E-state index contributed by atoms with van der Waals surface area (Å²) >= 11 is 0. The molecule has 0 spiro atoms. The quantitative estimate of drug-likeness (QED) is 0.577. The molecule has 0 saturated carbocycles. The van der Waals surface area contributed by atoms with Crippen LogP contribution in [0.2, 0.25) is 0 Å². The number of nitrogens with two attached hydrogens (primary N) is 1. The lowest BCUT2D eigenvalue weighted by atomic mass is 10.0. The standard InChI is InChI=1S/C18H14FNO5/c1-9-7-12(23-2)8-13-14(17(21)25-18(20)22)16(24-15(9)13)10-3-5-11(19)6-4-10/h3-8H,1-2H3,(H2,20,22). The summed E-state index contributed by atoms with van der Waals surface area (Å²) < 4.78 is 28.8. The predicted molar refractivity (Wildman–Crippen MR) is 87.9 cm³/mol. The maximum Gasteiger partial charge on any atom is 0.412 e. The monoisotopic (exact) mass is 343 g/mol. The second kappa shape index (κ2) is 6.27. The molecule has 0 atom stereocenters. The number of hydrogen-bond acceptors (Lipinski definition) is 5. The van der Waals surface area contributed by atoms with Crippen LogP contribution in [-0.2, 0) is 4.74 Å². The summed E-state index contributed by atoms with van der Waals surface area (Å²) in [7, 11) is 1.49. The van der Waals surface area contributed by atoms with Gasteiger partial charge < -0.3 is 19.6 Å². The molecule has 0 unspecified atom stereocenters. The van der Waals surface area contributed by atoms with Gasteiger partial charge in [0.2, 0.25) is 0 Å². The fourth-order valence-electron chi connectivity index (χ4n) is 2.60. The number of amides is 1. The summed E-state index contributed by atoms with van der Waals surface area (Å²) in [6, 6.07) is 8.72. The summed E-state index contributed by atoms with van der Waals surface area (Å²) in [6.07, 6.45) is -1.23. The molecular formula is C18H14FNO5. The van der Waals surface area contributed by atoms with Crippen LogP contribution in [0, 0.1) is 12.7 Å². The second-order valence-corrected chi connectivity index (χ2v) is 5.34. The van der Waals surface area contributed by atoms with E-state index in [-0.39, 0.29) is 11.3 Å². The average molecular weight is 343 g/mol. The lowest BCUT2D eigenvalue weighted by molar-refractivity contribution is 0.0640. The molecule has 25 heavy (non-hydrogen) atoms. The fraction of sp³-hybridized carbons (Fsp3) is 0.111. The second-order valence-electron chi connectivity index (χ2n) is 5.34. The van der Waals surface area contributed by atoms with Crippen molar-refractivity contribution in [2.45, 2.75) is 6.92 Å². The molecule has 6 nitrogen and oxygen atoms in total. The molecule has 0 radical (unpaired) electrons. The van der Waals surface area contributed by atoms with Crippen LogP contribution in [-0.4, -0.2) is 19.2 Å². The van der Waals surface area contributed by atoms with Crippen molar-refractivity contribution in [2.24, 2.45) is 5.73 Å². The first kappa shape index (κ1) is 16.5. The molecule has 1 amide bonds. The van der Waals surface area contributed by atoms with E-state index >= 15 is 0 Å². The molecule has 1 aromatic heterocycles. The summed E-state index contributed by atoms with van der Waals surface area (Å²) in [5.41, 5.74) is 6.56. The number of esters is 1. The SMILES string of the molecule is COc1cc(C)c2oc(-c3ccc(F)cc3)c(C(=O)OC(N)=O)c2c1. The van der Waals surface area contributed by atoms with Crippen LogP contribution in [0.15, 0.2) is 40.8 Å². The summed E-state index contributed by atoms with van der Waals surface area (Å²) in [6.45, 7) is 1.78. The van der Waals surface area contributed by atoms with Gasteiger partial charge in [-0.25, -0.2) is 14.0 Å². The Balaban J connectivity index is 2.31. The predicted octanol–water partition coefficient (Wildman–Crippen LogP) is 3.79. The number of furan rings is 1. The zero-order chi connectivity index (χ0) is 18.1. The number of aryl methyl sites for hydroxylation is 1. The normalized spacial score (nSPS) is 10.7. The first-order valence-corrected chi connectivity index (χ1v) is 7.29. The van der Waals surface area contributed by atoms with Gasteiger partial charge in [-0.05, 0) is 48.9 Å². The third kappa shape index (κ3) is 3.03. The molecule has 1 heterocycles. The highest BCUT2D eigenvalue weighted by molar-refractivity contribution is 6.11. The molecule has 0 fully saturated rings. The lowest BCUT2D eigenvalue weighted by Gasteiger charge is -2.03. The van der Waals surface area contributed by atoms with Crippen LogP contribution >= 0.6 is 0 Å². The third-order valence-corrected chi connectivity index (χ3v) is 3.69. The van der Waals surface area contributed by atoms with Crippen molar-refractivity contribution in [1.82, 2.24) is 0 Å². The fourth-order valence-corrected chi connectivity index (χ4v) is 2.60. The molecule has 0 aliphatic rings. The van der Waals surface area contributed by atoms with Crippen molar-refractivity contribution in [3.63, 3.8) is 0 Å². The maximum absolute atomic E-state index is 13.2. The Morgan fingerprint density at radius 2 is 1.84 bits per heavy atom. The zero-order valence-corrected chi connectivity index (χ0v) is 13.5. The van der Waals surface area contributed by atoms with E-state index in [0.29, 0.717) is 22.3 Å². The van der Waals surface area contributed by atoms with Crippen molar-refractivity contribution in [1.29, 1.82) is 0 Å².